The Morgan fingerprint density at radius 1 is 1.50 bits per heavy atom. The second kappa shape index (κ2) is 4.00. The van der Waals surface area contributed by atoms with Crippen LogP contribution in [0.25, 0.3) is 0 Å². The molecule has 0 fully saturated rings. The Hall–Kier alpha value is -2.42. The van der Waals surface area contributed by atoms with E-state index in [0.717, 1.165) is 12.3 Å². The molecule has 0 saturated carbocycles. The van der Waals surface area contributed by atoms with Crippen molar-refractivity contribution in [3.8, 4) is 6.26 Å². The summed E-state index contributed by atoms with van der Waals surface area (Å²) in [6, 6.07) is 5.24. The molecule has 1 aromatic rings. The van der Waals surface area contributed by atoms with Crippen molar-refractivity contribution in [2.24, 2.45) is 0 Å². The minimum absolute atomic E-state index is 0.237. The average Bonchev–Trinajstić information content (AvgIpc) is 2.18. The summed E-state index contributed by atoms with van der Waals surface area (Å²) < 4.78 is 3.98. The third-order valence-corrected chi connectivity index (χ3v) is 1.46. The van der Waals surface area contributed by atoms with Crippen molar-refractivity contribution in [2.45, 2.75) is 0 Å². The minimum atomic E-state index is -1.03. The predicted molar refractivity (Wildman–Crippen MR) is 44.1 cm³/mol. The highest BCUT2D eigenvalue weighted by Crippen LogP contribution is 2.18. The molecule has 0 aliphatic carbocycles. The maximum absolute atomic E-state index is 11.0. The van der Waals surface area contributed by atoms with Crippen molar-refractivity contribution in [3.05, 3.63) is 39.9 Å². The zero-order valence-corrected chi connectivity index (χ0v) is 6.84. The SMILES string of the molecule is N#COC(=O)c1ccccc1[N+](=O)[O-]. The third-order valence-electron chi connectivity index (χ3n) is 1.46. The fraction of sp³-hybridized carbons (Fsp3) is 0. The minimum Gasteiger partial charge on any atom is -0.347 e. The molecule has 0 bridgehead atoms. The summed E-state index contributed by atoms with van der Waals surface area (Å²) in [5.74, 6) is -1.03. The topological polar surface area (TPSA) is 93.2 Å². The van der Waals surface area contributed by atoms with E-state index in [0.29, 0.717) is 0 Å². The third kappa shape index (κ3) is 1.84. The van der Waals surface area contributed by atoms with E-state index in [2.05, 4.69) is 4.74 Å². The molecule has 0 atom stereocenters. The molecule has 14 heavy (non-hydrogen) atoms. The number of para-hydroxylation sites is 1. The van der Waals surface area contributed by atoms with Gasteiger partial charge >= 0.3 is 5.97 Å². The number of rotatable bonds is 2. The number of benzene rings is 1. The van der Waals surface area contributed by atoms with Crippen LogP contribution in [-0.4, -0.2) is 10.9 Å². The van der Waals surface area contributed by atoms with Crippen LogP contribution in [0.5, 0.6) is 0 Å². The molecule has 0 radical (unpaired) electrons. The van der Waals surface area contributed by atoms with Crippen molar-refractivity contribution in [3.63, 3.8) is 0 Å². The number of nitro benzene ring substituents is 1. The van der Waals surface area contributed by atoms with Crippen LogP contribution in [0.15, 0.2) is 24.3 Å². The van der Waals surface area contributed by atoms with Crippen LogP contribution in [0.2, 0.25) is 0 Å². The van der Waals surface area contributed by atoms with Gasteiger partial charge in [-0.05, 0) is 6.07 Å². The first-order valence-electron chi connectivity index (χ1n) is 3.50. The molecule has 0 spiro atoms. The Bertz CT molecular complexity index is 422. The number of ether oxygens (including phenoxy) is 1. The van der Waals surface area contributed by atoms with Crippen LogP contribution in [0.3, 0.4) is 0 Å². The molecule has 0 aromatic heterocycles. The number of nitrogens with zero attached hydrogens (tertiary/aromatic N) is 2. The van der Waals surface area contributed by atoms with Crippen LogP contribution in [0.4, 0.5) is 5.69 Å². The van der Waals surface area contributed by atoms with E-state index in [4.69, 9.17) is 5.26 Å². The Morgan fingerprint density at radius 3 is 2.71 bits per heavy atom. The number of carbonyl (C=O) groups excluding carboxylic acids is 1. The van der Waals surface area contributed by atoms with Gasteiger partial charge in [0.1, 0.15) is 5.56 Å². The summed E-state index contributed by atoms with van der Waals surface area (Å²) >= 11 is 0. The quantitative estimate of drug-likeness (QED) is 0.304. The summed E-state index contributed by atoms with van der Waals surface area (Å²) in [4.78, 5) is 20.8. The van der Waals surface area contributed by atoms with Gasteiger partial charge < -0.3 is 4.74 Å². The highest BCUT2D eigenvalue weighted by atomic mass is 16.6. The van der Waals surface area contributed by atoms with E-state index in [1.54, 1.807) is 0 Å². The molecule has 0 heterocycles. The van der Waals surface area contributed by atoms with Crippen molar-refractivity contribution in [1.29, 1.82) is 5.26 Å². The molecular formula is C8H4N2O4. The van der Waals surface area contributed by atoms with Gasteiger partial charge in [0.25, 0.3) is 11.9 Å². The Kier molecular flexibility index (Phi) is 2.76. The number of hydrogen-bond acceptors (Lipinski definition) is 5. The van der Waals surface area contributed by atoms with Crippen molar-refractivity contribution >= 4 is 11.7 Å². The van der Waals surface area contributed by atoms with E-state index >= 15 is 0 Å². The standard InChI is InChI=1S/C8H4N2O4/c9-5-14-8(11)6-3-1-2-4-7(6)10(12)13/h1-4H. The fourth-order valence-electron chi connectivity index (χ4n) is 0.902. The fourth-order valence-corrected chi connectivity index (χ4v) is 0.902. The van der Waals surface area contributed by atoms with Crippen LogP contribution in [0, 0.1) is 21.6 Å². The highest BCUT2D eigenvalue weighted by molar-refractivity contribution is 5.94. The molecule has 0 saturated heterocycles. The predicted octanol–water partition coefficient (Wildman–Crippen LogP) is 1.23. The zero-order valence-electron chi connectivity index (χ0n) is 6.84. The van der Waals surface area contributed by atoms with Gasteiger partial charge in [0.05, 0.1) is 4.92 Å². The second-order valence-corrected chi connectivity index (χ2v) is 2.26. The first-order valence-corrected chi connectivity index (χ1v) is 3.50. The summed E-state index contributed by atoms with van der Waals surface area (Å²) in [7, 11) is 0. The maximum atomic E-state index is 11.0. The molecule has 0 unspecified atom stereocenters. The molecule has 0 aliphatic rings. The van der Waals surface area contributed by atoms with Crippen molar-refractivity contribution in [2.75, 3.05) is 0 Å². The van der Waals surface area contributed by atoms with Crippen molar-refractivity contribution in [1.82, 2.24) is 0 Å². The first kappa shape index (κ1) is 9.67. The lowest BCUT2D eigenvalue weighted by Gasteiger charge is -1.97. The van der Waals surface area contributed by atoms with Crippen LogP contribution in [0.1, 0.15) is 10.4 Å². The van der Waals surface area contributed by atoms with Gasteiger partial charge in [-0.25, -0.2) is 4.79 Å². The van der Waals surface area contributed by atoms with Gasteiger partial charge in [-0.1, -0.05) is 12.1 Å². The number of carbonyl (C=O) groups is 1. The van der Waals surface area contributed by atoms with E-state index < -0.39 is 10.9 Å². The van der Waals surface area contributed by atoms with Gasteiger partial charge in [-0.2, -0.15) is 0 Å². The number of nitriles is 1. The lowest BCUT2D eigenvalue weighted by atomic mass is 10.2. The van der Waals surface area contributed by atoms with Crippen LogP contribution < -0.4 is 0 Å². The van der Waals surface area contributed by atoms with Gasteiger partial charge in [0.15, 0.2) is 0 Å². The van der Waals surface area contributed by atoms with Crippen molar-refractivity contribution < 1.29 is 14.5 Å². The highest BCUT2D eigenvalue weighted by Gasteiger charge is 2.20. The Labute approximate surface area is 78.5 Å². The molecule has 0 amide bonds. The largest absolute Gasteiger partial charge is 0.360 e. The zero-order chi connectivity index (χ0) is 10.6. The summed E-state index contributed by atoms with van der Waals surface area (Å²) in [5.41, 5.74) is -0.619. The molecule has 0 N–H and O–H groups in total. The number of hydrogen-bond donors (Lipinski definition) is 0. The first-order chi connectivity index (χ1) is 6.66. The van der Waals surface area contributed by atoms with Gasteiger partial charge in [-0.3, -0.25) is 10.1 Å². The summed E-state index contributed by atoms with van der Waals surface area (Å²) in [6.45, 7) is 0. The Morgan fingerprint density at radius 2 is 2.14 bits per heavy atom. The summed E-state index contributed by atoms with van der Waals surface area (Å²) in [5, 5.41) is 18.5. The monoisotopic (exact) mass is 192 g/mol. The molecule has 70 valence electrons. The smallest absolute Gasteiger partial charge is 0.347 e. The Balaban J connectivity index is 3.15. The molecule has 0 aliphatic heterocycles. The summed E-state index contributed by atoms with van der Waals surface area (Å²) in [6.07, 6.45) is 1.16. The van der Waals surface area contributed by atoms with Crippen LogP contribution in [-0.2, 0) is 4.74 Å². The lowest BCUT2D eigenvalue weighted by Crippen LogP contribution is -2.04. The molecule has 6 heteroatoms. The molecule has 1 aromatic carbocycles. The van der Waals surface area contributed by atoms with Gasteiger partial charge in [0, 0.05) is 6.07 Å². The maximum Gasteiger partial charge on any atom is 0.360 e. The normalized spacial score (nSPS) is 8.79. The van der Waals surface area contributed by atoms with Gasteiger partial charge in [-0.15, -0.1) is 5.26 Å². The second-order valence-electron chi connectivity index (χ2n) is 2.26. The van der Waals surface area contributed by atoms with E-state index in [1.807, 2.05) is 0 Å². The van der Waals surface area contributed by atoms with E-state index in [-0.39, 0.29) is 11.3 Å². The van der Waals surface area contributed by atoms with E-state index in [1.165, 1.54) is 18.2 Å². The van der Waals surface area contributed by atoms with E-state index in [9.17, 15) is 14.9 Å². The van der Waals surface area contributed by atoms with Crippen LogP contribution >= 0.6 is 0 Å². The average molecular weight is 192 g/mol. The lowest BCUT2D eigenvalue weighted by molar-refractivity contribution is -0.385. The number of nitro groups is 1. The molecule has 6 nitrogen and oxygen atoms in total. The molecule has 1 rings (SSSR count). The van der Waals surface area contributed by atoms with Gasteiger partial charge in [0.2, 0.25) is 0 Å². The number of esters is 1. The molecular weight excluding hydrogens is 188 g/mol.